The quantitative estimate of drug-likeness (QED) is 0.707. The molecule has 0 bridgehead atoms. The van der Waals surface area contributed by atoms with Crippen molar-refractivity contribution in [3.63, 3.8) is 0 Å². The SMILES string of the molecule is Cc1nc2c(C)cc(NC(=O)CCCOc3ccccc3)cn2n1. The maximum Gasteiger partial charge on any atom is 0.224 e. The van der Waals surface area contributed by atoms with E-state index in [1.54, 1.807) is 10.7 Å². The molecule has 124 valence electrons. The second kappa shape index (κ2) is 7.12. The van der Waals surface area contributed by atoms with Gasteiger partial charge in [0.1, 0.15) is 11.6 Å². The number of aryl methyl sites for hydroxylation is 2. The van der Waals surface area contributed by atoms with E-state index in [0.29, 0.717) is 25.3 Å². The molecule has 0 saturated heterocycles. The van der Waals surface area contributed by atoms with Crippen LogP contribution >= 0.6 is 0 Å². The van der Waals surface area contributed by atoms with Gasteiger partial charge in [-0.1, -0.05) is 18.2 Å². The first kappa shape index (κ1) is 16.0. The summed E-state index contributed by atoms with van der Waals surface area (Å²) in [5.41, 5.74) is 2.50. The average Bonchev–Trinajstić information content (AvgIpc) is 2.93. The monoisotopic (exact) mass is 324 g/mol. The molecule has 0 unspecified atom stereocenters. The van der Waals surface area contributed by atoms with Gasteiger partial charge in [-0.25, -0.2) is 9.50 Å². The first-order chi connectivity index (χ1) is 11.6. The number of carbonyl (C=O) groups is 1. The number of pyridine rings is 1. The van der Waals surface area contributed by atoms with Crippen LogP contribution in [0.15, 0.2) is 42.6 Å². The van der Waals surface area contributed by atoms with E-state index < -0.39 is 0 Å². The molecule has 1 N–H and O–H groups in total. The van der Waals surface area contributed by atoms with Crippen molar-refractivity contribution < 1.29 is 9.53 Å². The third-order valence-corrected chi connectivity index (χ3v) is 3.57. The molecule has 0 atom stereocenters. The fourth-order valence-electron chi connectivity index (χ4n) is 2.49. The van der Waals surface area contributed by atoms with Crippen molar-refractivity contribution in [3.05, 3.63) is 54.0 Å². The van der Waals surface area contributed by atoms with Crippen LogP contribution in [0, 0.1) is 13.8 Å². The number of benzene rings is 1. The first-order valence-corrected chi connectivity index (χ1v) is 7.93. The highest BCUT2D eigenvalue weighted by molar-refractivity contribution is 5.90. The van der Waals surface area contributed by atoms with Crippen LogP contribution < -0.4 is 10.1 Å². The molecular weight excluding hydrogens is 304 g/mol. The second-order valence-electron chi connectivity index (χ2n) is 5.65. The normalized spacial score (nSPS) is 10.8. The molecule has 6 nitrogen and oxygen atoms in total. The number of amides is 1. The minimum absolute atomic E-state index is 0.0396. The Morgan fingerprint density at radius 2 is 2.04 bits per heavy atom. The largest absolute Gasteiger partial charge is 0.494 e. The molecule has 1 amide bonds. The van der Waals surface area contributed by atoms with E-state index in [-0.39, 0.29) is 5.91 Å². The maximum atomic E-state index is 12.1. The van der Waals surface area contributed by atoms with Gasteiger partial charge >= 0.3 is 0 Å². The number of hydrogen-bond acceptors (Lipinski definition) is 4. The molecule has 0 radical (unpaired) electrons. The zero-order chi connectivity index (χ0) is 16.9. The fraction of sp³-hybridized carbons (Fsp3) is 0.278. The maximum absolute atomic E-state index is 12.1. The molecule has 0 fully saturated rings. The van der Waals surface area contributed by atoms with Gasteiger partial charge < -0.3 is 10.1 Å². The Bertz CT molecular complexity index is 843. The van der Waals surface area contributed by atoms with Gasteiger partial charge in [0.2, 0.25) is 5.91 Å². The first-order valence-electron chi connectivity index (χ1n) is 7.93. The van der Waals surface area contributed by atoms with E-state index in [0.717, 1.165) is 22.6 Å². The van der Waals surface area contributed by atoms with E-state index in [1.807, 2.05) is 50.2 Å². The van der Waals surface area contributed by atoms with Crippen LogP contribution in [-0.4, -0.2) is 27.1 Å². The molecular formula is C18H20N4O2. The van der Waals surface area contributed by atoms with Crippen LogP contribution in [0.2, 0.25) is 0 Å². The molecule has 0 spiro atoms. The highest BCUT2D eigenvalue weighted by Gasteiger charge is 2.08. The Labute approximate surface area is 140 Å². The van der Waals surface area contributed by atoms with E-state index in [9.17, 15) is 4.79 Å². The minimum Gasteiger partial charge on any atom is -0.494 e. The topological polar surface area (TPSA) is 68.5 Å². The molecule has 0 saturated carbocycles. The van der Waals surface area contributed by atoms with Gasteiger partial charge in [-0.05, 0) is 44.0 Å². The molecule has 2 heterocycles. The molecule has 2 aromatic heterocycles. The summed E-state index contributed by atoms with van der Waals surface area (Å²) in [5, 5.41) is 7.18. The van der Waals surface area contributed by atoms with Crippen molar-refractivity contribution in [1.82, 2.24) is 14.6 Å². The van der Waals surface area contributed by atoms with E-state index in [2.05, 4.69) is 15.4 Å². The van der Waals surface area contributed by atoms with Gasteiger partial charge in [-0.2, -0.15) is 5.10 Å². The number of hydrogen-bond donors (Lipinski definition) is 1. The third-order valence-electron chi connectivity index (χ3n) is 3.57. The zero-order valence-electron chi connectivity index (χ0n) is 13.8. The molecule has 0 aliphatic carbocycles. The van der Waals surface area contributed by atoms with E-state index >= 15 is 0 Å². The van der Waals surface area contributed by atoms with Gasteiger partial charge in [0.15, 0.2) is 5.65 Å². The molecule has 0 aliphatic heterocycles. The van der Waals surface area contributed by atoms with Gasteiger partial charge in [-0.3, -0.25) is 4.79 Å². The average molecular weight is 324 g/mol. The zero-order valence-corrected chi connectivity index (χ0v) is 13.8. The summed E-state index contributed by atoms with van der Waals surface area (Å²) in [5.74, 6) is 1.49. The minimum atomic E-state index is -0.0396. The number of carbonyl (C=O) groups excluding carboxylic acids is 1. The van der Waals surface area contributed by atoms with Crippen molar-refractivity contribution in [2.24, 2.45) is 0 Å². The number of nitrogens with zero attached hydrogens (tertiary/aromatic N) is 3. The van der Waals surface area contributed by atoms with Crippen LogP contribution in [0.1, 0.15) is 24.2 Å². The van der Waals surface area contributed by atoms with E-state index in [1.165, 1.54) is 0 Å². The number of fused-ring (bicyclic) bond motifs is 1. The number of aromatic nitrogens is 3. The Morgan fingerprint density at radius 1 is 1.25 bits per heavy atom. The predicted molar refractivity (Wildman–Crippen MR) is 92.3 cm³/mol. The number of anilines is 1. The summed E-state index contributed by atoms with van der Waals surface area (Å²) in [7, 11) is 0. The van der Waals surface area contributed by atoms with Gasteiger partial charge in [0.05, 0.1) is 18.5 Å². The number of para-hydroxylation sites is 1. The number of ether oxygens (including phenoxy) is 1. The van der Waals surface area contributed by atoms with Crippen LogP contribution in [0.25, 0.3) is 5.65 Å². The lowest BCUT2D eigenvalue weighted by Gasteiger charge is -2.08. The van der Waals surface area contributed by atoms with Crippen molar-refractivity contribution in [2.45, 2.75) is 26.7 Å². The number of rotatable bonds is 6. The standard InChI is InChI=1S/C18H20N4O2/c1-13-11-15(12-22-18(13)19-14(2)21-22)20-17(23)9-6-10-24-16-7-4-3-5-8-16/h3-5,7-8,11-12H,6,9-10H2,1-2H3,(H,20,23). The third kappa shape index (κ3) is 3.90. The van der Waals surface area contributed by atoms with Gasteiger partial charge in [0, 0.05) is 6.42 Å². The molecule has 6 heteroatoms. The van der Waals surface area contributed by atoms with Crippen molar-refractivity contribution in [2.75, 3.05) is 11.9 Å². The summed E-state index contributed by atoms with van der Waals surface area (Å²) in [6.07, 6.45) is 2.84. The lowest BCUT2D eigenvalue weighted by Crippen LogP contribution is -2.13. The van der Waals surface area contributed by atoms with Crippen molar-refractivity contribution >= 4 is 17.2 Å². The lowest BCUT2D eigenvalue weighted by atomic mass is 10.2. The summed E-state index contributed by atoms with van der Waals surface area (Å²) >= 11 is 0. The summed E-state index contributed by atoms with van der Waals surface area (Å²) in [6.45, 7) is 4.31. The number of nitrogens with one attached hydrogen (secondary N) is 1. The molecule has 3 rings (SSSR count). The summed E-state index contributed by atoms with van der Waals surface area (Å²) in [4.78, 5) is 16.4. The smallest absolute Gasteiger partial charge is 0.224 e. The van der Waals surface area contributed by atoms with Crippen molar-refractivity contribution in [1.29, 1.82) is 0 Å². The van der Waals surface area contributed by atoms with Crippen LogP contribution in [0.4, 0.5) is 5.69 Å². The molecule has 3 aromatic rings. The van der Waals surface area contributed by atoms with Gasteiger partial charge in [-0.15, -0.1) is 0 Å². The lowest BCUT2D eigenvalue weighted by molar-refractivity contribution is -0.116. The Hall–Kier alpha value is -2.89. The fourth-order valence-corrected chi connectivity index (χ4v) is 2.49. The highest BCUT2D eigenvalue weighted by Crippen LogP contribution is 2.15. The highest BCUT2D eigenvalue weighted by atomic mass is 16.5. The molecule has 24 heavy (non-hydrogen) atoms. The second-order valence-corrected chi connectivity index (χ2v) is 5.65. The van der Waals surface area contributed by atoms with E-state index in [4.69, 9.17) is 4.74 Å². The van der Waals surface area contributed by atoms with Crippen LogP contribution in [-0.2, 0) is 4.79 Å². The van der Waals surface area contributed by atoms with Crippen LogP contribution in [0.3, 0.4) is 0 Å². The molecule has 1 aromatic carbocycles. The summed E-state index contributed by atoms with van der Waals surface area (Å²) < 4.78 is 7.28. The summed E-state index contributed by atoms with van der Waals surface area (Å²) in [6, 6.07) is 11.5. The van der Waals surface area contributed by atoms with Crippen LogP contribution in [0.5, 0.6) is 5.75 Å². The Morgan fingerprint density at radius 3 is 2.83 bits per heavy atom. The van der Waals surface area contributed by atoms with Crippen molar-refractivity contribution in [3.8, 4) is 5.75 Å². The predicted octanol–water partition coefficient (Wildman–Crippen LogP) is 3.14. The molecule has 0 aliphatic rings. The van der Waals surface area contributed by atoms with Gasteiger partial charge in [0.25, 0.3) is 0 Å². The Balaban J connectivity index is 1.51. The Kier molecular flexibility index (Phi) is 4.74.